The predicted octanol–water partition coefficient (Wildman–Crippen LogP) is 7.02. The fraction of sp³-hybridized carbons (Fsp3) is 0.303. The Bertz CT molecular complexity index is 1730. The molecule has 1 aromatic heterocycles. The SMILES string of the molecule is Cc1cc(C(C)Nc2ccccc2C(=O)O)c2oc(N3CC(c4ccccc4)(C(C)C)C3)cc(=O)c2c1.O=C(O)C(F)(F)F. The second-order valence-electron chi connectivity index (χ2n) is 11.2. The molecule has 1 unspecified atom stereocenters. The van der Waals surface area contributed by atoms with Gasteiger partial charge in [0.2, 0.25) is 0 Å². The number of carbonyl (C=O) groups is 2. The monoisotopic (exact) mass is 610 g/mol. The largest absolute Gasteiger partial charge is 0.490 e. The Hall–Kier alpha value is -4.80. The Labute approximate surface area is 251 Å². The first-order valence-corrected chi connectivity index (χ1v) is 13.9. The highest BCUT2D eigenvalue weighted by Crippen LogP contribution is 2.43. The number of benzene rings is 3. The number of aliphatic carboxylic acids is 1. The van der Waals surface area contributed by atoms with Crippen molar-refractivity contribution in [3.63, 3.8) is 0 Å². The van der Waals surface area contributed by atoms with Gasteiger partial charge in [-0.1, -0.05) is 62.4 Å². The van der Waals surface area contributed by atoms with Crippen LogP contribution in [0, 0.1) is 12.8 Å². The number of halogens is 3. The second kappa shape index (κ2) is 12.4. The normalized spacial score (nSPS) is 14.8. The number of anilines is 2. The van der Waals surface area contributed by atoms with Crippen LogP contribution >= 0.6 is 0 Å². The van der Waals surface area contributed by atoms with Crippen LogP contribution in [0.25, 0.3) is 11.0 Å². The average Bonchev–Trinajstić information content (AvgIpc) is 2.93. The second-order valence-corrected chi connectivity index (χ2v) is 11.2. The number of nitrogens with one attached hydrogen (secondary N) is 1. The van der Waals surface area contributed by atoms with E-state index in [-0.39, 0.29) is 22.4 Å². The Kier molecular flexibility index (Phi) is 9.08. The maximum Gasteiger partial charge on any atom is 0.490 e. The third-order valence-corrected chi connectivity index (χ3v) is 7.94. The molecule has 5 rings (SSSR count). The fourth-order valence-corrected chi connectivity index (χ4v) is 5.45. The smallest absolute Gasteiger partial charge is 0.478 e. The summed E-state index contributed by atoms with van der Waals surface area (Å²) in [6, 6.07) is 22.5. The number of para-hydroxylation sites is 1. The highest BCUT2D eigenvalue weighted by Gasteiger charge is 2.47. The van der Waals surface area contributed by atoms with Crippen molar-refractivity contribution in [1.82, 2.24) is 0 Å². The van der Waals surface area contributed by atoms with Crippen LogP contribution in [-0.4, -0.2) is 41.4 Å². The van der Waals surface area contributed by atoms with Crippen LogP contribution in [0.2, 0.25) is 0 Å². The number of rotatable bonds is 7. The zero-order valence-electron chi connectivity index (χ0n) is 24.6. The molecule has 1 aliphatic heterocycles. The fourth-order valence-electron chi connectivity index (χ4n) is 5.45. The van der Waals surface area contributed by atoms with Gasteiger partial charge < -0.3 is 24.8 Å². The summed E-state index contributed by atoms with van der Waals surface area (Å²) < 4.78 is 38.2. The first kappa shape index (κ1) is 32.1. The van der Waals surface area contributed by atoms with Gasteiger partial charge >= 0.3 is 18.1 Å². The van der Waals surface area contributed by atoms with E-state index in [4.69, 9.17) is 14.3 Å². The number of aromatic carboxylic acids is 1. The Morgan fingerprint density at radius 1 is 0.955 bits per heavy atom. The number of aryl methyl sites for hydroxylation is 1. The minimum absolute atomic E-state index is 0.000278. The Morgan fingerprint density at radius 3 is 2.11 bits per heavy atom. The third kappa shape index (κ3) is 6.56. The lowest BCUT2D eigenvalue weighted by Crippen LogP contribution is -2.62. The van der Waals surface area contributed by atoms with E-state index in [0.29, 0.717) is 28.5 Å². The maximum absolute atomic E-state index is 13.3. The summed E-state index contributed by atoms with van der Waals surface area (Å²) in [5.41, 5.74) is 4.21. The van der Waals surface area contributed by atoms with Crippen molar-refractivity contribution >= 4 is 34.5 Å². The molecule has 1 saturated heterocycles. The van der Waals surface area contributed by atoms with Crippen molar-refractivity contribution in [2.24, 2.45) is 5.92 Å². The van der Waals surface area contributed by atoms with Gasteiger partial charge in [0.15, 0.2) is 11.3 Å². The van der Waals surface area contributed by atoms with Crippen molar-refractivity contribution in [3.8, 4) is 0 Å². The molecule has 0 spiro atoms. The molecule has 3 aromatic carbocycles. The summed E-state index contributed by atoms with van der Waals surface area (Å²) in [4.78, 5) is 36.0. The van der Waals surface area contributed by atoms with Gasteiger partial charge in [0.05, 0.1) is 17.0 Å². The molecule has 1 atom stereocenters. The third-order valence-electron chi connectivity index (χ3n) is 7.94. The summed E-state index contributed by atoms with van der Waals surface area (Å²) in [6.07, 6.45) is -5.08. The van der Waals surface area contributed by atoms with E-state index in [1.165, 1.54) is 5.56 Å². The van der Waals surface area contributed by atoms with Crippen molar-refractivity contribution < 1.29 is 37.4 Å². The first-order chi connectivity index (χ1) is 20.6. The zero-order chi connectivity index (χ0) is 32.4. The average molecular weight is 611 g/mol. The van der Waals surface area contributed by atoms with E-state index in [0.717, 1.165) is 24.2 Å². The number of carboxylic acid groups (broad SMARTS) is 2. The van der Waals surface area contributed by atoms with Gasteiger partial charge in [-0.25, -0.2) is 9.59 Å². The van der Waals surface area contributed by atoms with Gasteiger partial charge in [0, 0.05) is 35.8 Å². The summed E-state index contributed by atoms with van der Waals surface area (Å²) in [7, 11) is 0. The molecule has 0 saturated carbocycles. The lowest BCUT2D eigenvalue weighted by Gasteiger charge is -2.53. The number of alkyl halides is 3. The zero-order valence-corrected chi connectivity index (χ0v) is 24.6. The van der Waals surface area contributed by atoms with Crippen LogP contribution in [-0.2, 0) is 10.2 Å². The molecule has 0 amide bonds. The molecule has 0 bridgehead atoms. The highest BCUT2D eigenvalue weighted by atomic mass is 19.4. The van der Waals surface area contributed by atoms with E-state index in [2.05, 4.69) is 48.3 Å². The molecular formula is C33H33F3N2O6. The lowest BCUT2D eigenvalue weighted by molar-refractivity contribution is -0.192. The molecule has 0 aliphatic carbocycles. The van der Waals surface area contributed by atoms with Gasteiger partial charge in [-0.2, -0.15) is 13.2 Å². The molecule has 2 heterocycles. The molecule has 232 valence electrons. The molecule has 11 heteroatoms. The predicted molar refractivity (Wildman–Crippen MR) is 162 cm³/mol. The standard InChI is InChI=1S/C31H32N2O4.C2HF3O2/c1-19(2)31(22-10-6-5-7-11-22)17-33(18-31)28-16-27(34)25-15-20(3)14-24(29(25)37-28)21(4)32-26-13-9-8-12-23(26)30(35)36;3-2(4,5)1(6)7/h5-16,19,21,32H,17-18H2,1-4H3,(H,35,36);(H,6,7). The van der Waals surface area contributed by atoms with E-state index >= 15 is 0 Å². The summed E-state index contributed by atoms with van der Waals surface area (Å²) in [5.74, 6) is -2.77. The maximum atomic E-state index is 13.3. The van der Waals surface area contributed by atoms with Crippen LogP contribution < -0.4 is 15.6 Å². The number of fused-ring (bicyclic) bond motifs is 1. The van der Waals surface area contributed by atoms with E-state index in [9.17, 15) is 27.9 Å². The lowest BCUT2D eigenvalue weighted by atomic mass is 9.66. The molecule has 0 radical (unpaired) electrons. The first-order valence-electron chi connectivity index (χ1n) is 13.9. The van der Waals surface area contributed by atoms with Crippen molar-refractivity contribution in [2.45, 2.75) is 45.3 Å². The van der Waals surface area contributed by atoms with E-state index in [1.807, 2.05) is 32.0 Å². The summed E-state index contributed by atoms with van der Waals surface area (Å²) in [5, 5.41) is 20.6. The number of nitrogens with zero attached hydrogens (tertiary/aromatic N) is 1. The van der Waals surface area contributed by atoms with Crippen LogP contribution in [0.1, 0.15) is 53.9 Å². The summed E-state index contributed by atoms with van der Waals surface area (Å²) in [6.45, 7) is 9.91. The minimum atomic E-state index is -5.08. The van der Waals surface area contributed by atoms with Crippen molar-refractivity contribution in [1.29, 1.82) is 0 Å². The van der Waals surface area contributed by atoms with Crippen LogP contribution in [0.5, 0.6) is 0 Å². The highest BCUT2D eigenvalue weighted by molar-refractivity contribution is 5.94. The van der Waals surface area contributed by atoms with Crippen molar-refractivity contribution in [3.05, 3.63) is 105 Å². The van der Waals surface area contributed by atoms with Gasteiger partial charge in [-0.3, -0.25) is 4.79 Å². The van der Waals surface area contributed by atoms with E-state index in [1.54, 1.807) is 30.3 Å². The molecule has 3 N–H and O–H groups in total. The van der Waals surface area contributed by atoms with E-state index < -0.39 is 18.1 Å². The van der Waals surface area contributed by atoms with Crippen molar-refractivity contribution in [2.75, 3.05) is 23.3 Å². The van der Waals surface area contributed by atoms with Gasteiger partial charge in [-0.15, -0.1) is 0 Å². The molecule has 1 aliphatic rings. The molecule has 8 nitrogen and oxygen atoms in total. The van der Waals surface area contributed by atoms with Gasteiger partial charge in [0.25, 0.3) is 0 Å². The topological polar surface area (TPSA) is 120 Å². The molecular weight excluding hydrogens is 577 g/mol. The quantitative estimate of drug-likeness (QED) is 0.204. The molecule has 1 fully saturated rings. The number of hydrogen-bond acceptors (Lipinski definition) is 6. The number of hydrogen-bond donors (Lipinski definition) is 3. The molecule has 44 heavy (non-hydrogen) atoms. The Morgan fingerprint density at radius 2 is 1.55 bits per heavy atom. The minimum Gasteiger partial charge on any atom is -0.478 e. The van der Waals surface area contributed by atoms with Gasteiger partial charge in [-0.05, 0) is 49.1 Å². The van der Waals surface area contributed by atoms with Gasteiger partial charge in [0.1, 0.15) is 5.58 Å². The Balaban J connectivity index is 0.000000566. The summed E-state index contributed by atoms with van der Waals surface area (Å²) >= 11 is 0. The van der Waals surface area contributed by atoms with Crippen LogP contribution in [0.15, 0.2) is 82.0 Å². The number of carboxylic acids is 2. The van der Waals surface area contributed by atoms with Crippen LogP contribution in [0.4, 0.5) is 24.7 Å². The molecule has 4 aromatic rings. The van der Waals surface area contributed by atoms with Crippen LogP contribution in [0.3, 0.4) is 0 Å².